The third-order valence-corrected chi connectivity index (χ3v) is 8.87. The summed E-state index contributed by atoms with van der Waals surface area (Å²) in [6, 6.07) is 17.6. The first-order chi connectivity index (χ1) is 14.1. The molecule has 0 spiro atoms. The van der Waals surface area contributed by atoms with Crippen molar-refractivity contribution in [2.24, 2.45) is 0 Å². The van der Waals surface area contributed by atoms with Gasteiger partial charge in [0.15, 0.2) is 0 Å². The van der Waals surface area contributed by atoms with Crippen molar-refractivity contribution in [1.29, 1.82) is 0 Å². The number of benzene rings is 2. The van der Waals surface area contributed by atoms with E-state index in [9.17, 15) is 4.79 Å². The molecule has 0 aliphatic heterocycles. The van der Waals surface area contributed by atoms with Gasteiger partial charge < -0.3 is 0 Å². The number of amides is 1. The Labute approximate surface area is 193 Å². The molecule has 7 heteroatoms. The van der Waals surface area contributed by atoms with Gasteiger partial charge in [0.1, 0.15) is 0 Å². The second kappa shape index (κ2) is 9.20. The molecule has 1 amide bonds. The van der Waals surface area contributed by atoms with Crippen LogP contribution in [0.15, 0.2) is 72.4 Å². The van der Waals surface area contributed by atoms with Crippen molar-refractivity contribution >= 4 is 69.4 Å². The number of hydrogen-bond donors (Lipinski definition) is 1. The summed E-state index contributed by atoms with van der Waals surface area (Å²) < 4.78 is 3.48. The molecule has 4 rings (SSSR count). The Hall–Kier alpha value is -2.02. The summed E-state index contributed by atoms with van der Waals surface area (Å²) in [6.07, 6.45) is 3.60. The number of thiazole rings is 1. The number of carbonyl (C=O) groups is 1. The van der Waals surface area contributed by atoms with Crippen LogP contribution in [0.2, 0.25) is 0 Å². The van der Waals surface area contributed by atoms with Gasteiger partial charge in [0.05, 0.1) is 0 Å². The Morgan fingerprint density at radius 1 is 1.14 bits per heavy atom. The molecular formula is C22H16AsIN3OS. The van der Waals surface area contributed by atoms with Gasteiger partial charge >= 0.3 is 195 Å². The number of nitrogens with zero attached hydrogens (tertiary/aromatic N) is 2. The molecule has 4 aromatic rings. The first-order valence-corrected chi connectivity index (χ1v) is 12.7. The van der Waals surface area contributed by atoms with E-state index in [1.54, 1.807) is 17.5 Å². The number of aromatic nitrogens is 2. The fourth-order valence-electron chi connectivity index (χ4n) is 2.68. The minimum absolute atomic E-state index is 0.0967. The van der Waals surface area contributed by atoms with Crippen LogP contribution in [-0.2, 0) is 0 Å². The molecule has 0 aliphatic carbocycles. The second-order valence-corrected chi connectivity index (χ2v) is 11.5. The second-order valence-electron chi connectivity index (χ2n) is 6.33. The molecule has 2 aromatic heterocycles. The van der Waals surface area contributed by atoms with E-state index in [1.165, 1.54) is 9.91 Å². The van der Waals surface area contributed by atoms with Crippen molar-refractivity contribution in [2.75, 3.05) is 5.32 Å². The standard InChI is InChI=1S/C22H16AsIN3OS/c1-14-4-9-18(26-21(28)15-5-7-17(24)8-6-15)11-19(14)23-22-27-20(13-29-22)16-3-2-10-25-12-16/h2-13H,1H3,(H,26,28). The third kappa shape index (κ3) is 5.13. The monoisotopic (exact) mass is 572 g/mol. The predicted molar refractivity (Wildman–Crippen MR) is 129 cm³/mol. The maximum atomic E-state index is 12.5. The van der Waals surface area contributed by atoms with Crippen molar-refractivity contribution in [3.05, 3.63) is 87.1 Å². The van der Waals surface area contributed by atoms with Crippen molar-refractivity contribution in [2.45, 2.75) is 6.92 Å². The molecule has 2 heterocycles. The van der Waals surface area contributed by atoms with Gasteiger partial charge in [-0.1, -0.05) is 0 Å². The quantitative estimate of drug-likeness (QED) is 0.291. The summed E-state index contributed by atoms with van der Waals surface area (Å²) in [5, 5.41) is 5.09. The zero-order valence-corrected chi connectivity index (χ0v) is 20.3. The van der Waals surface area contributed by atoms with Gasteiger partial charge in [-0.2, -0.15) is 0 Å². The van der Waals surface area contributed by atoms with Gasteiger partial charge in [-0.05, 0) is 0 Å². The SMILES string of the molecule is Cc1ccc(NC(=O)c2ccc(I)cc2)cc1[As]c1nc(-c2cccnc2)cs1. The normalized spacial score (nSPS) is 11.1. The maximum absolute atomic E-state index is 12.5. The van der Waals surface area contributed by atoms with E-state index in [0.717, 1.165) is 24.3 Å². The summed E-state index contributed by atoms with van der Waals surface area (Å²) in [4.78, 5) is 21.5. The van der Waals surface area contributed by atoms with Gasteiger partial charge in [-0.3, -0.25) is 0 Å². The molecule has 143 valence electrons. The van der Waals surface area contributed by atoms with E-state index in [2.05, 4.69) is 57.3 Å². The zero-order chi connectivity index (χ0) is 20.2. The Balaban J connectivity index is 1.51. The number of carbonyl (C=O) groups excluding carboxylic acids is 1. The summed E-state index contributed by atoms with van der Waals surface area (Å²) in [5.41, 5.74) is 4.69. The van der Waals surface area contributed by atoms with Crippen LogP contribution in [0, 0.1) is 10.5 Å². The van der Waals surface area contributed by atoms with E-state index in [1.807, 2.05) is 48.7 Å². The Morgan fingerprint density at radius 3 is 2.72 bits per heavy atom. The topological polar surface area (TPSA) is 54.9 Å². The van der Waals surface area contributed by atoms with Crippen LogP contribution in [0.3, 0.4) is 0 Å². The Bertz CT molecular complexity index is 1150. The predicted octanol–water partition coefficient (Wildman–Crippen LogP) is 4.03. The molecule has 0 unspecified atom stereocenters. The average molecular weight is 572 g/mol. The van der Waals surface area contributed by atoms with Gasteiger partial charge in [0.25, 0.3) is 0 Å². The van der Waals surface area contributed by atoms with Crippen LogP contribution in [0.1, 0.15) is 15.9 Å². The van der Waals surface area contributed by atoms with Crippen LogP contribution in [0.4, 0.5) is 5.69 Å². The van der Waals surface area contributed by atoms with Crippen LogP contribution >= 0.6 is 33.9 Å². The van der Waals surface area contributed by atoms with E-state index in [-0.39, 0.29) is 21.7 Å². The molecule has 2 aromatic carbocycles. The van der Waals surface area contributed by atoms with E-state index < -0.39 is 0 Å². The molecule has 4 nitrogen and oxygen atoms in total. The van der Waals surface area contributed by atoms with E-state index >= 15 is 0 Å². The van der Waals surface area contributed by atoms with Gasteiger partial charge in [0, 0.05) is 0 Å². The third-order valence-electron chi connectivity index (χ3n) is 4.24. The summed E-state index contributed by atoms with van der Waals surface area (Å²) >= 11 is 3.65. The number of rotatable bonds is 5. The van der Waals surface area contributed by atoms with Crippen LogP contribution in [-0.4, -0.2) is 31.6 Å². The number of pyridine rings is 1. The number of nitrogens with one attached hydrogen (secondary N) is 1. The molecule has 0 saturated heterocycles. The number of aryl methyl sites for hydroxylation is 1. The fraction of sp³-hybridized carbons (Fsp3) is 0.0455. The van der Waals surface area contributed by atoms with Crippen LogP contribution in [0.25, 0.3) is 11.3 Å². The van der Waals surface area contributed by atoms with E-state index in [4.69, 9.17) is 4.98 Å². The molecule has 1 radical (unpaired) electrons. The van der Waals surface area contributed by atoms with Crippen molar-refractivity contribution < 1.29 is 4.79 Å². The average Bonchev–Trinajstić information content (AvgIpc) is 3.20. The number of hydrogen-bond acceptors (Lipinski definition) is 4. The van der Waals surface area contributed by atoms with Crippen molar-refractivity contribution in [3.63, 3.8) is 0 Å². The molecular weight excluding hydrogens is 556 g/mol. The molecule has 29 heavy (non-hydrogen) atoms. The molecule has 0 aliphatic rings. The molecule has 0 bridgehead atoms. The molecule has 0 atom stereocenters. The molecule has 0 saturated carbocycles. The van der Waals surface area contributed by atoms with Crippen LogP contribution in [0.5, 0.6) is 0 Å². The van der Waals surface area contributed by atoms with Gasteiger partial charge in [-0.15, -0.1) is 0 Å². The Morgan fingerprint density at radius 2 is 1.97 bits per heavy atom. The van der Waals surface area contributed by atoms with Crippen molar-refractivity contribution in [1.82, 2.24) is 9.97 Å². The molecule has 1 N–H and O–H groups in total. The fourth-order valence-corrected chi connectivity index (χ4v) is 6.54. The molecule has 0 fully saturated rings. The summed E-state index contributed by atoms with van der Waals surface area (Å²) in [7, 11) is 0. The van der Waals surface area contributed by atoms with E-state index in [0.29, 0.717) is 5.56 Å². The summed E-state index contributed by atoms with van der Waals surface area (Å²) in [5.74, 6) is -0.0967. The van der Waals surface area contributed by atoms with Crippen molar-refractivity contribution in [3.8, 4) is 11.3 Å². The first kappa shape index (κ1) is 20.3. The number of halogens is 1. The van der Waals surface area contributed by atoms with Gasteiger partial charge in [0.2, 0.25) is 0 Å². The Kier molecular flexibility index (Phi) is 6.43. The minimum atomic E-state index is -0.261. The zero-order valence-electron chi connectivity index (χ0n) is 15.5. The first-order valence-electron chi connectivity index (χ1n) is 8.84. The number of anilines is 1. The summed E-state index contributed by atoms with van der Waals surface area (Å²) in [6.45, 7) is 2.10. The van der Waals surface area contributed by atoms with Gasteiger partial charge in [-0.25, -0.2) is 0 Å². The van der Waals surface area contributed by atoms with Crippen LogP contribution < -0.4 is 13.5 Å².